The maximum atomic E-state index is 12.7. The zero-order valence-corrected chi connectivity index (χ0v) is 13.9. The number of amides is 1. The first-order valence-electron chi connectivity index (χ1n) is 8.46. The van der Waals surface area contributed by atoms with E-state index in [2.05, 4.69) is 24.8 Å². The summed E-state index contributed by atoms with van der Waals surface area (Å²) in [6.45, 7) is 3.28. The summed E-state index contributed by atoms with van der Waals surface area (Å²) in [4.78, 5) is 33.4. The lowest BCUT2D eigenvalue weighted by Gasteiger charge is -2.48. The van der Waals surface area contributed by atoms with Gasteiger partial charge in [0, 0.05) is 37.9 Å². The van der Waals surface area contributed by atoms with Gasteiger partial charge >= 0.3 is 0 Å². The molecule has 4 heterocycles. The fourth-order valence-electron chi connectivity index (χ4n) is 3.58. The molecular weight excluding hydrogens is 320 g/mol. The van der Waals surface area contributed by atoms with E-state index in [9.17, 15) is 4.79 Å². The number of ether oxygens (including phenoxy) is 1. The molecule has 8 heteroatoms. The summed E-state index contributed by atoms with van der Waals surface area (Å²) in [5.74, 6) is 0.759. The van der Waals surface area contributed by atoms with Crippen molar-refractivity contribution >= 4 is 11.7 Å². The van der Waals surface area contributed by atoms with Gasteiger partial charge < -0.3 is 14.5 Å². The Hall–Kier alpha value is -2.61. The van der Waals surface area contributed by atoms with Crippen LogP contribution in [0.5, 0.6) is 0 Å². The normalized spacial score (nSPS) is 23.7. The van der Waals surface area contributed by atoms with E-state index in [1.807, 2.05) is 4.90 Å². The highest BCUT2D eigenvalue weighted by Gasteiger charge is 2.42. The van der Waals surface area contributed by atoms with Crippen LogP contribution >= 0.6 is 0 Å². The lowest BCUT2D eigenvalue weighted by atomic mass is 9.90. The molecule has 0 bridgehead atoms. The first kappa shape index (κ1) is 15.9. The van der Waals surface area contributed by atoms with Gasteiger partial charge in [-0.1, -0.05) is 0 Å². The molecule has 2 aromatic heterocycles. The van der Waals surface area contributed by atoms with Crippen molar-refractivity contribution in [2.45, 2.75) is 18.4 Å². The third kappa shape index (κ3) is 3.30. The van der Waals surface area contributed by atoms with Crippen LogP contribution in [0.4, 0.5) is 5.82 Å². The SMILES string of the molecule is O=C(c1cnccn1)N1CCOC2(CCCN(c3cnccn3)C2)C1. The number of morpholine rings is 1. The van der Waals surface area contributed by atoms with Gasteiger partial charge in [0.05, 0.1) is 32.1 Å². The molecule has 0 saturated carbocycles. The predicted molar refractivity (Wildman–Crippen MR) is 90.1 cm³/mol. The molecule has 2 aliphatic rings. The third-order valence-electron chi connectivity index (χ3n) is 4.73. The van der Waals surface area contributed by atoms with Gasteiger partial charge in [0.25, 0.3) is 5.91 Å². The third-order valence-corrected chi connectivity index (χ3v) is 4.73. The van der Waals surface area contributed by atoms with Crippen molar-refractivity contribution in [3.63, 3.8) is 0 Å². The van der Waals surface area contributed by atoms with E-state index in [0.29, 0.717) is 31.9 Å². The van der Waals surface area contributed by atoms with E-state index in [-0.39, 0.29) is 11.5 Å². The molecule has 130 valence electrons. The maximum Gasteiger partial charge on any atom is 0.274 e. The van der Waals surface area contributed by atoms with E-state index in [1.54, 1.807) is 31.0 Å². The minimum Gasteiger partial charge on any atom is -0.369 e. The summed E-state index contributed by atoms with van der Waals surface area (Å²) in [6.07, 6.45) is 11.7. The van der Waals surface area contributed by atoms with Crippen LogP contribution in [0.2, 0.25) is 0 Å². The Bertz CT molecular complexity index is 724. The summed E-state index contributed by atoms with van der Waals surface area (Å²) in [5.41, 5.74) is 0.00690. The van der Waals surface area contributed by atoms with Crippen LogP contribution in [0, 0.1) is 0 Å². The molecular formula is C17H20N6O2. The van der Waals surface area contributed by atoms with Gasteiger partial charge in [0.15, 0.2) is 0 Å². The van der Waals surface area contributed by atoms with Gasteiger partial charge in [-0.25, -0.2) is 9.97 Å². The number of hydrogen-bond acceptors (Lipinski definition) is 7. The first-order valence-corrected chi connectivity index (χ1v) is 8.46. The molecule has 2 fully saturated rings. The van der Waals surface area contributed by atoms with E-state index >= 15 is 0 Å². The lowest BCUT2D eigenvalue weighted by Crippen LogP contribution is -2.61. The van der Waals surface area contributed by atoms with Crippen molar-refractivity contribution in [1.29, 1.82) is 0 Å². The summed E-state index contributed by atoms with van der Waals surface area (Å²) in [5, 5.41) is 0. The average molecular weight is 340 g/mol. The minimum absolute atomic E-state index is 0.0904. The highest BCUT2D eigenvalue weighted by atomic mass is 16.5. The van der Waals surface area contributed by atoms with E-state index in [0.717, 1.165) is 25.2 Å². The minimum atomic E-state index is -0.369. The lowest BCUT2D eigenvalue weighted by molar-refractivity contribution is -0.105. The zero-order chi connectivity index (χ0) is 17.1. The highest BCUT2D eigenvalue weighted by molar-refractivity contribution is 5.92. The molecule has 0 aromatic carbocycles. The number of nitrogens with zero attached hydrogens (tertiary/aromatic N) is 6. The fraction of sp³-hybridized carbons (Fsp3) is 0.471. The summed E-state index contributed by atoms with van der Waals surface area (Å²) in [6, 6.07) is 0. The van der Waals surface area contributed by atoms with Crippen molar-refractivity contribution < 1.29 is 9.53 Å². The number of carbonyl (C=O) groups is 1. The van der Waals surface area contributed by atoms with Gasteiger partial charge in [0.2, 0.25) is 0 Å². The number of hydrogen-bond donors (Lipinski definition) is 0. The molecule has 2 aliphatic heterocycles. The Morgan fingerprint density at radius 3 is 2.64 bits per heavy atom. The second kappa shape index (κ2) is 6.72. The number of rotatable bonds is 2. The molecule has 25 heavy (non-hydrogen) atoms. The maximum absolute atomic E-state index is 12.7. The van der Waals surface area contributed by atoms with Crippen molar-refractivity contribution in [2.24, 2.45) is 0 Å². The van der Waals surface area contributed by atoms with Gasteiger partial charge in [-0.2, -0.15) is 0 Å². The van der Waals surface area contributed by atoms with Gasteiger partial charge in [-0.3, -0.25) is 14.8 Å². The Morgan fingerprint density at radius 1 is 1.04 bits per heavy atom. The van der Waals surface area contributed by atoms with Crippen molar-refractivity contribution in [2.75, 3.05) is 37.7 Å². The van der Waals surface area contributed by atoms with Crippen LogP contribution in [0.15, 0.2) is 37.2 Å². The molecule has 2 aromatic rings. The molecule has 2 saturated heterocycles. The van der Waals surface area contributed by atoms with E-state index in [4.69, 9.17) is 4.74 Å². The largest absolute Gasteiger partial charge is 0.369 e. The van der Waals surface area contributed by atoms with Crippen LogP contribution in [0.3, 0.4) is 0 Å². The number of aromatic nitrogens is 4. The topological polar surface area (TPSA) is 84.3 Å². The van der Waals surface area contributed by atoms with Crippen molar-refractivity contribution in [3.8, 4) is 0 Å². The summed E-state index contributed by atoms with van der Waals surface area (Å²) >= 11 is 0. The van der Waals surface area contributed by atoms with Crippen LogP contribution in [-0.4, -0.2) is 69.1 Å². The van der Waals surface area contributed by atoms with Crippen LogP contribution in [0.1, 0.15) is 23.3 Å². The average Bonchev–Trinajstić information content (AvgIpc) is 2.69. The van der Waals surface area contributed by atoms with Gasteiger partial charge in [-0.05, 0) is 12.8 Å². The summed E-state index contributed by atoms with van der Waals surface area (Å²) < 4.78 is 6.15. The van der Waals surface area contributed by atoms with Gasteiger partial charge in [-0.15, -0.1) is 0 Å². The molecule has 1 atom stereocenters. The van der Waals surface area contributed by atoms with E-state index < -0.39 is 0 Å². The second-order valence-electron chi connectivity index (χ2n) is 6.44. The highest BCUT2D eigenvalue weighted by Crippen LogP contribution is 2.31. The Morgan fingerprint density at radius 2 is 1.88 bits per heavy atom. The Kier molecular flexibility index (Phi) is 4.27. The molecule has 8 nitrogen and oxygen atoms in total. The smallest absolute Gasteiger partial charge is 0.274 e. The van der Waals surface area contributed by atoms with E-state index in [1.165, 1.54) is 6.20 Å². The molecule has 1 amide bonds. The standard InChI is InChI=1S/C17H20N6O2/c24-16(14-10-18-3-5-20-14)23-8-9-25-17(13-23)2-1-7-22(12-17)15-11-19-4-6-21-15/h3-6,10-11H,1-2,7-9,12-13H2. The Labute approximate surface area is 145 Å². The molecule has 4 rings (SSSR count). The van der Waals surface area contributed by atoms with Crippen molar-refractivity contribution in [3.05, 3.63) is 42.9 Å². The predicted octanol–water partition coefficient (Wildman–Crippen LogP) is 0.778. The molecule has 1 spiro atoms. The molecule has 0 radical (unpaired) electrons. The number of piperidine rings is 1. The second-order valence-corrected chi connectivity index (χ2v) is 6.44. The quantitative estimate of drug-likeness (QED) is 0.798. The van der Waals surface area contributed by atoms with Crippen LogP contribution in [-0.2, 0) is 4.74 Å². The molecule has 1 unspecified atom stereocenters. The van der Waals surface area contributed by atoms with Crippen molar-refractivity contribution in [1.82, 2.24) is 24.8 Å². The van der Waals surface area contributed by atoms with Gasteiger partial charge in [0.1, 0.15) is 17.1 Å². The zero-order valence-electron chi connectivity index (χ0n) is 13.9. The Balaban J connectivity index is 1.51. The molecule has 0 N–H and O–H groups in total. The molecule has 0 aliphatic carbocycles. The first-order chi connectivity index (χ1) is 12.3. The van der Waals surface area contributed by atoms with Crippen LogP contribution < -0.4 is 4.90 Å². The fourth-order valence-corrected chi connectivity index (χ4v) is 3.58. The number of anilines is 1. The van der Waals surface area contributed by atoms with Crippen LogP contribution in [0.25, 0.3) is 0 Å². The number of carbonyl (C=O) groups excluding carboxylic acids is 1. The summed E-state index contributed by atoms with van der Waals surface area (Å²) in [7, 11) is 0. The monoisotopic (exact) mass is 340 g/mol.